The zero-order chi connectivity index (χ0) is 11.7. The van der Waals surface area contributed by atoms with Crippen LogP contribution in [0.3, 0.4) is 0 Å². The quantitative estimate of drug-likeness (QED) is 0.621. The molecule has 0 unspecified atom stereocenters. The first-order chi connectivity index (χ1) is 7.61. The van der Waals surface area contributed by atoms with Crippen molar-refractivity contribution in [3.05, 3.63) is 46.1 Å². The van der Waals surface area contributed by atoms with Crippen molar-refractivity contribution in [2.75, 3.05) is 0 Å². The van der Waals surface area contributed by atoms with Gasteiger partial charge in [0.1, 0.15) is 5.76 Å². The maximum atomic E-state index is 13.1. The molecule has 0 spiro atoms. The van der Waals surface area contributed by atoms with Crippen molar-refractivity contribution in [3.63, 3.8) is 0 Å². The molecule has 2 nitrogen and oxygen atoms in total. The molecular formula is C11H5BrF2O2. The van der Waals surface area contributed by atoms with E-state index in [1.165, 1.54) is 18.2 Å². The minimum Gasteiger partial charge on any atom is -0.453 e. The number of carbonyl (C=O) groups excluding carboxylic acids is 1. The van der Waals surface area contributed by atoms with Crippen molar-refractivity contribution < 1.29 is 18.0 Å². The minimum atomic E-state index is -0.978. The average Bonchev–Trinajstić information content (AvgIpc) is 2.73. The van der Waals surface area contributed by atoms with E-state index in [0.717, 1.165) is 6.07 Å². The van der Waals surface area contributed by atoms with Crippen LogP contribution >= 0.6 is 15.9 Å². The Hall–Kier alpha value is -1.49. The fraction of sp³-hybridized carbons (Fsp3) is 0. The fourth-order valence-corrected chi connectivity index (χ4v) is 1.71. The Morgan fingerprint density at radius 3 is 2.56 bits per heavy atom. The summed E-state index contributed by atoms with van der Waals surface area (Å²) in [6.07, 6.45) is 0.540. The summed E-state index contributed by atoms with van der Waals surface area (Å²) in [6.45, 7) is 0. The summed E-state index contributed by atoms with van der Waals surface area (Å²) in [4.78, 5) is 10.4. The molecular weight excluding hydrogens is 282 g/mol. The van der Waals surface area contributed by atoms with Crippen molar-refractivity contribution in [2.24, 2.45) is 0 Å². The molecule has 1 heterocycles. The van der Waals surface area contributed by atoms with Gasteiger partial charge in [0.2, 0.25) is 0 Å². The second-order valence-corrected chi connectivity index (χ2v) is 3.93. The summed E-state index contributed by atoms with van der Waals surface area (Å²) in [7, 11) is 0. The van der Waals surface area contributed by atoms with Crippen molar-refractivity contribution >= 4 is 22.2 Å². The number of furan rings is 1. The molecule has 82 valence electrons. The molecule has 0 aliphatic carbocycles. The van der Waals surface area contributed by atoms with E-state index in [0.29, 0.717) is 17.6 Å². The molecule has 0 fully saturated rings. The van der Waals surface area contributed by atoms with Gasteiger partial charge in [-0.25, -0.2) is 8.78 Å². The van der Waals surface area contributed by atoms with Gasteiger partial charge in [-0.3, -0.25) is 4.79 Å². The number of halogens is 3. The summed E-state index contributed by atoms with van der Waals surface area (Å²) in [5, 5.41) is 0. The SMILES string of the molecule is O=Cc1ccc(-c2cc(F)c(F)c(Br)c2)o1. The van der Waals surface area contributed by atoms with E-state index in [4.69, 9.17) is 4.42 Å². The van der Waals surface area contributed by atoms with Crippen LogP contribution in [-0.4, -0.2) is 6.29 Å². The Morgan fingerprint density at radius 2 is 2.00 bits per heavy atom. The highest BCUT2D eigenvalue weighted by atomic mass is 79.9. The normalized spacial score (nSPS) is 10.4. The molecule has 0 atom stereocenters. The predicted octanol–water partition coefficient (Wildman–Crippen LogP) is 3.80. The lowest BCUT2D eigenvalue weighted by Gasteiger charge is -2.00. The van der Waals surface area contributed by atoms with Gasteiger partial charge in [0.25, 0.3) is 0 Å². The lowest BCUT2D eigenvalue weighted by Crippen LogP contribution is -1.87. The molecule has 2 aromatic rings. The lowest BCUT2D eigenvalue weighted by atomic mass is 10.1. The van der Waals surface area contributed by atoms with Crippen LogP contribution in [0.15, 0.2) is 33.2 Å². The molecule has 0 bridgehead atoms. The Kier molecular flexibility index (Phi) is 2.87. The van der Waals surface area contributed by atoms with Crippen molar-refractivity contribution in [2.45, 2.75) is 0 Å². The van der Waals surface area contributed by atoms with Gasteiger partial charge < -0.3 is 4.42 Å². The Bertz CT molecular complexity index is 526. The first-order valence-electron chi connectivity index (χ1n) is 4.31. The highest BCUT2D eigenvalue weighted by Gasteiger charge is 2.12. The number of hydrogen-bond acceptors (Lipinski definition) is 2. The summed E-state index contributed by atoms with van der Waals surface area (Å²) in [6, 6.07) is 5.36. The van der Waals surface area contributed by atoms with Gasteiger partial charge in [-0.2, -0.15) is 0 Å². The standard InChI is InChI=1S/C11H5BrF2O2/c12-8-3-6(4-9(13)11(8)14)10-2-1-7(5-15)16-10/h1-5H. The molecule has 2 rings (SSSR count). The van der Waals surface area contributed by atoms with Crippen LogP contribution in [0.1, 0.15) is 10.6 Å². The van der Waals surface area contributed by atoms with Crippen LogP contribution in [0, 0.1) is 11.6 Å². The fourth-order valence-electron chi connectivity index (χ4n) is 1.27. The molecule has 1 aromatic heterocycles. The Morgan fingerprint density at radius 1 is 1.25 bits per heavy atom. The average molecular weight is 287 g/mol. The Balaban J connectivity index is 2.52. The molecule has 0 N–H and O–H groups in total. The van der Waals surface area contributed by atoms with Crippen LogP contribution in [-0.2, 0) is 0 Å². The maximum absolute atomic E-state index is 13.1. The van der Waals surface area contributed by atoms with Crippen LogP contribution in [0.25, 0.3) is 11.3 Å². The molecule has 0 aliphatic heterocycles. The van der Waals surface area contributed by atoms with Crippen molar-refractivity contribution in [1.29, 1.82) is 0 Å². The molecule has 0 amide bonds. The second-order valence-electron chi connectivity index (χ2n) is 3.07. The molecule has 0 aliphatic rings. The van der Waals surface area contributed by atoms with Crippen LogP contribution < -0.4 is 0 Å². The van der Waals surface area contributed by atoms with E-state index in [1.807, 2.05) is 0 Å². The van der Waals surface area contributed by atoms with E-state index in [-0.39, 0.29) is 10.2 Å². The number of carbonyl (C=O) groups is 1. The lowest BCUT2D eigenvalue weighted by molar-refractivity contribution is 0.110. The summed E-state index contributed by atoms with van der Waals surface area (Å²) in [5.74, 6) is -1.49. The largest absolute Gasteiger partial charge is 0.453 e. The molecule has 5 heteroatoms. The molecule has 0 radical (unpaired) electrons. The van der Waals surface area contributed by atoms with Gasteiger partial charge in [0.15, 0.2) is 23.7 Å². The monoisotopic (exact) mass is 286 g/mol. The van der Waals surface area contributed by atoms with Gasteiger partial charge in [-0.1, -0.05) is 0 Å². The number of hydrogen-bond donors (Lipinski definition) is 0. The third-order valence-corrected chi connectivity index (χ3v) is 2.59. The van der Waals surface area contributed by atoms with E-state index in [2.05, 4.69) is 15.9 Å². The molecule has 0 saturated carbocycles. The first-order valence-corrected chi connectivity index (χ1v) is 5.11. The maximum Gasteiger partial charge on any atom is 0.185 e. The number of rotatable bonds is 2. The first kappa shape index (κ1) is 11.0. The van der Waals surface area contributed by atoms with Crippen LogP contribution in [0.5, 0.6) is 0 Å². The zero-order valence-electron chi connectivity index (χ0n) is 7.84. The zero-order valence-corrected chi connectivity index (χ0v) is 9.42. The van der Waals surface area contributed by atoms with Gasteiger partial charge in [-0.15, -0.1) is 0 Å². The van der Waals surface area contributed by atoms with E-state index in [1.54, 1.807) is 0 Å². The van der Waals surface area contributed by atoms with Gasteiger partial charge in [0, 0.05) is 5.56 Å². The van der Waals surface area contributed by atoms with E-state index >= 15 is 0 Å². The Labute approximate surface area is 98.0 Å². The second kappa shape index (κ2) is 4.17. The van der Waals surface area contributed by atoms with Crippen molar-refractivity contribution in [3.8, 4) is 11.3 Å². The molecule has 1 aromatic carbocycles. The summed E-state index contributed by atoms with van der Waals surface area (Å²) in [5.41, 5.74) is 0.360. The van der Waals surface area contributed by atoms with Crippen LogP contribution in [0.2, 0.25) is 0 Å². The van der Waals surface area contributed by atoms with Gasteiger partial charge >= 0.3 is 0 Å². The third kappa shape index (κ3) is 1.90. The van der Waals surface area contributed by atoms with E-state index < -0.39 is 11.6 Å². The van der Waals surface area contributed by atoms with Crippen molar-refractivity contribution in [1.82, 2.24) is 0 Å². The topological polar surface area (TPSA) is 30.2 Å². The van der Waals surface area contributed by atoms with Gasteiger partial charge in [-0.05, 0) is 40.2 Å². The number of aldehydes is 1. The highest BCUT2D eigenvalue weighted by molar-refractivity contribution is 9.10. The van der Waals surface area contributed by atoms with Gasteiger partial charge in [0.05, 0.1) is 4.47 Å². The summed E-state index contributed by atoms with van der Waals surface area (Å²) >= 11 is 2.89. The third-order valence-electron chi connectivity index (χ3n) is 2.01. The molecule has 0 saturated heterocycles. The summed E-state index contributed by atoms with van der Waals surface area (Å²) < 4.78 is 31.2. The predicted molar refractivity (Wildman–Crippen MR) is 57.1 cm³/mol. The minimum absolute atomic E-state index is 0.00607. The van der Waals surface area contributed by atoms with Crippen LogP contribution in [0.4, 0.5) is 8.78 Å². The smallest absolute Gasteiger partial charge is 0.185 e. The number of benzene rings is 1. The highest BCUT2D eigenvalue weighted by Crippen LogP contribution is 2.28. The molecule has 16 heavy (non-hydrogen) atoms. The van der Waals surface area contributed by atoms with E-state index in [9.17, 15) is 13.6 Å².